The van der Waals surface area contributed by atoms with Crippen molar-refractivity contribution in [3.05, 3.63) is 58.1 Å². The average molecular weight is 953 g/mol. The summed E-state index contributed by atoms with van der Waals surface area (Å²) in [5, 5.41) is 15.3. The smallest absolute Gasteiger partial charge is 0.334 e. The number of thioether (sulfide) groups is 1. The molecule has 0 heterocycles. The van der Waals surface area contributed by atoms with Gasteiger partial charge in [0.2, 0.25) is 17.7 Å². The summed E-state index contributed by atoms with van der Waals surface area (Å²) in [4.78, 5) is 95.3. The number of nitrogens with one attached hydrogen (secondary N) is 2. The average Bonchev–Trinajstić information content (AvgIpc) is 3.24. The first kappa shape index (κ1) is 58.6. The number of hydrogen-bond donors (Lipinski definition) is 4. The van der Waals surface area contributed by atoms with Gasteiger partial charge in [-0.3, -0.25) is 24.0 Å². The summed E-state index contributed by atoms with van der Waals surface area (Å²) in [5.74, 6) is -5.67. The Labute approximate surface area is 395 Å². The third-order valence-corrected chi connectivity index (χ3v) is 11.7. The van der Waals surface area contributed by atoms with Crippen molar-refractivity contribution in [2.45, 2.75) is 144 Å². The molecule has 0 unspecified atom stereocenters. The predicted molar refractivity (Wildman–Crippen MR) is 254 cm³/mol. The lowest BCUT2D eigenvalue weighted by Crippen LogP contribution is -2.56. The van der Waals surface area contributed by atoms with E-state index in [-0.39, 0.29) is 42.6 Å². The van der Waals surface area contributed by atoms with Crippen LogP contribution in [-0.2, 0) is 54.2 Å². The largest absolute Gasteiger partial charge is 0.480 e. The zero-order valence-electron chi connectivity index (χ0n) is 40.7. The van der Waals surface area contributed by atoms with Crippen LogP contribution >= 0.6 is 23.4 Å². The van der Waals surface area contributed by atoms with E-state index >= 15 is 0 Å². The predicted octanol–water partition coefficient (Wildman–Crippen LogP) is 5.54. The minimum Gasteiger partial charge on any atom is -0.480 e. The standard InChI is InChI=1S/C47H74ClN5O11S/c1-15-28(5)39(44(58)59)51-38(54)25-52(12)43(57)35(24-33-18-20-34(48)21-19-33)53(13)42(56)32(9)50-41(55)37(23-27(3)4)63-45(60)30(7)17-22-36(62-26-65-14)31(8)40(29(6)16-2)64-46(61)47(10,11)49/h16-21,27-28,31-32,35-37,39-40H,15,22-26,49H2,1-14H3,(H,50,55)(H,51,54)(H,58,59)/b29-16+,30-17+/t28-,31+,32+,35-,36+,37-,39+,40-/m1/s1. The lowest BCUT2D eigenvalue weighted by molar-refractivity contribution is -0.157. The lowest BCUT2D eigenvalue weighted by Gasteiger charge is -2.33. The number of carboxylic acids is 1. The van der Waals surface area contributed by atoms with Gasteiger partial charge >= 0.3 is 17.9 Å². The van der Waals surface area contributed by atoms with Crippen LogP contribution in [0.3, 0.4) is 0 Å². The minimum absolute atomic E-state index is 0.0171. The molecule has 0 aliphatic carbocycles. The van der Waals surface area contributed by atoms with Crippen LogP contribution in [0.15, 0.2) is 47.6 Å². The zero-order chi connectivity index (χ0) is 49.9. The number of likely N-dealkylation sites (N-methyl/N-ethyl adjacent to an activating group) is 2. The van der Waals surface area contributed by atoms with E-state index in [9.17, 15) is 38.7 Å². The van der Waals surface area contributed by atoms with Gasteiger partial charge < -0.3 is 45.5 Å². The van der Waals surface area contributed by atoms with Crippen molar-refractivity contribution in [3.63, 3.8) is 0 Å². The minimum atomic E-state index is -1.28. The maximum Gasteiger partial charge on any atom is 0.334 e. The normalized spacial score (nSPS) is 15.9. The van der Waals surface area contributed by atoms with E-state index in [0.29, 0.717) is 22.9 Å². The van der Waals surface area contributed by atoms with E-state index in [1.807, 2.05) is 47.0 Å². The fourth-order valence-electron chi connectivity index (χ4n) is 6.58. The Morgan fingerprint density at radius 1 is 0.954 bits per heavy atom. The number of ether oxygens (including phenoxy) is 3. The van der Waals surface area contributed by atoms with Gasteiger partial charge in [0, 0.05) is 37.0 Å². The van der Waals surface area contributed by atoms with E-state index in [0.717, 1.165) is 10.5 Å². The van der Waals surface area contributed by atoms with Crippen molar-refractivity contribution >= 4 is 64.9 Å². The monoisotopic (exact) mass is 951 g/mol. The SMILES string of the molecule is C/C=C(\C)[C@@H](OC(=O)C(C)(C)N)[C@@H](C)[C@H](C/C=C(\C)C(=O)O[C@H](CC(C)C)C(=O)N[C@@H](C)C(=O)N(C)[C@H](Cc1ccc(Cl)cc1)C(=O)N(C)CC(=O)N[C@H](C(=O)O)[C@H](C)CC)OCSC. The first-order chi connectivity index (χ1) is 30.2. The second-order valence-electron chi connectivity index (χ2n) is 17.7. The van der Waals surface area contributed by atoms with E-state index in [4.69, 9.17) is 31.5 Å². The number of carbonyl (C=O) groups excluding carboxylic acids is 6. The zero-order valence-corrected chi connectivity index (χ0v) is 42.3. The first-order valence-corrected chi connectivity index (χ1v) is 23.7. The molecule has 0 aliphatic rings. The number of rotatable bonds is 27. The molecule has 0 saturated carbocycles. The van der Waals surface area contributed by atoms with Crippen LogP contribution in [0.2, 0.25) is 5.02 Å². The molecule has 1 rings (SSSR count). The molecule has 0 bridgehead atoms. The van der Waals surface area contributed by atoms with Crippen LogP contribution in [0.4, 0.5) is 0 Å². The maximum absolute atomic E-state index is 14.0. The van der Waals surface area contributed by atoms with Gasteiger partial charge in [-0.15, -0.1) is 11.8 Å². The summed E-state index contributed by atoms with van der Waals surface area (Å²) in [6, 6.07) is 3.16. The van der Waals surface area contributed by atoms with Crippen molar-refractivity contribution in [1.29, 1.82) is 0 Å². The highest BCUT2D eigenvalue weighted by molar-refractivity contribution is 7.98. The number of benzene rings is 1. The Morgan fingerprint density at radius 3 is 2.06 bits per heavy atom. The molecule has 1 aromatic rings. The molecule has 8 atom stereocenters. The summed E-state index contributed by atoms with van der Waals surface area (Å²) in [5.41, 5.74) is 6.47. The molecule has 0 saturated heterocycles. The summed E-state index contributed by atoms with van der Waals surface area (Å²) in [7, 11) is 2.78. The Bertz CT molecular complexity index is 1830. The van der Waals surface area contributed by atoms with Crippen LogP contribution in [0, 0.1) is 17.8 Å². The Balaban J connectivity index is 3.32. The van der Waals surface area contributed by atoms with Crippen LogP contribution in [0.1, 0.15) is 101 Å². The van der Waals surface area contributed by atoms with Gasteiger partial charge in [-0.1, -0.05) is 76.9 Å². The number of carbonyl (C=O) groups is 7. The Hall–Kier alpha value is -4.45. The van der Waals surface area contributed by atoms with Crippen LogP contribution < -0.4 is 16.4 Å². The Morgan fingerprint density at radius 2 is 1.55 bits per heavy atom. The van der Waals surface area contributed by atoms with Gasteiger partial charge in [0.05, 0.1) is 18.6 Å². The molecular weight excluding hydrogens is 878 g/mol. The number of hydrogen-bond acceptors (Lipinski definition) is 12. The number of nitrogens with zero attached hydrogens (tertiary/aromatic N) is 2. The van der Waals surface area contributed by atoms with E-state index in [1.54, 1.807) is 65.0 Å². The summed E-state index contributed by atoms with van der Waals surface area (Å²) in [6.07, 6.45) is 3.85. The third kappa shape index (κ3) is 19.5. The number of carboxylic acid groups (broad SMARTS) is 1. The lowest BCUT2D eigenvalue weighted by atomic mass is 9.90. The molecule has 0 fully saturated rings. The second-order valence-corrected chi connectivity index (χ2v) is 18.9. The molecule has 0 radical (unpaired) electrons. The van der Waals surface area contributed by atoms with E-state index in [1.165, 1.54) is 37.7 Å². The molecule has 5 N–H and O–H groups in total. The molecular formula is C47H74ClN5O11S. The van der Waals surface area contributed by atoms with Gasteiger partial charge in [0.1, 0.15) is 29.8 Å². The highest BCUT2D eigenvalue weighted by Crippen LogP contribution is 2.27. The Kier molecular flexibility index (Phi) is 25.1. The van der Waals surface area contributed by atoms with Crippen LogP contribution in [0.25, 0.3) is 0 Å². The van der Waals surface area contributed by atoms with E-state index in [2.05, 4.69) is 10.6 Å². The molecule has 0 aromatic heterocycles. The molecule has 18 heteroatoms. The quantitative estimate of drug-likeness (QED) is 0.0369. The molecule has 16 nitrogen and oxygen atoms in total. The maximum atomic E-state index is 14.0. The molecule has 1 aromatic carbocycles. The highest BCUT2D eigenvalue weighted by atomic mass is 35.5. The third-order valence-electron chi connectivity index (χ3n) is 11.1. The van der Waals surface area contributed by atoms with Crippen molar-refractivity contribution in [3.8, 4) is 0 Å². The summed E-state index contributed by atoms with van der Waals surface area (Å²) in [6.45, 7) is 18.4. The fourth-order valence-corrected chi connectivity index (χ4v) is 7.01. The van der Waals surface area contributed by atoms with Crippen molar-refractivity contribution in [2.75, 3.05) is 32.8 Å². The first-order valence-electron chi connectivity index (χ1n) is 21.9. The summed E-state index contributed by atoms with van der Waals surface area (Å²) < 4.78 is 17.8. The number of nitrogens with two attached hydrogens (primary N) is 1. The van der Waals surface area contributed by atoms with Gasteiger partial charge in [-0.05, 0) is 95.7 Å². The van der Waals surface area contributed by atoms with Gasteiger partial charge in [-0.2, -0.15) is 0 Å². The number of allylic oxidation sites excluding steroid dienone is 1. The van der Waals surface area contributed by atoms with Gasteiger partial charge in [0.15, 0.2) is 6.10 Å². The molecule has 0 spiro atoms. The van der Waals surface area contributed by atoms with Gasteiger partial charge in [-0.25, -0.2) is 9.59 Å². The fraction of sp³-hybridized carbons (Fsp3) is 0.638. The van der Waals surface area contributed by atoms with Crippen molar-refractivity contribution in [1.82, 2.24) is 20.4 Å². The molecule has 366 valence electrons. The molecule has 4 amide bonds. The van der Waals surface area contributed by atoms with E-state index < -0.39 is 90.1 Å². The van der Waals surface area contributed by atoms with Gasteiger partial charge in [0.25, 0.3) is 5.91 Å². The topological polar surface area (TPSA) is 224 Å². The van der Waals surface area contributed by atoms with Crippen molar-refractivity contribution < 1.29 is 52.9 Å². The number of amides is 4. The number of halogens is 1. The van der Waals surface area contributed by atoms with Crippen LogP contribution in [0.5, 0.6) is 0 Å². The summed E-state index contributed by atoms with van der Waals surface area (Å²) >= 11 is 7.57. The molecule has 65 heavy (non-hydrogen) atoms. The van der Waals surface area contributed by atoms with Crippen molar-refractivity contribution in [2.24, 2.45) is 23.5 Å². The number of aliphatic carboxylic acids is 1. The van der Waals surface area contributed by atoms with Crippen LogP contribution in [-0.4, -0.2) is 131 Å². The number of esters is 2. The molecule has 0 aliphatic heterocycles. The second kappa shape index (κ2) is 27.9. The highest BCUT2D eigenvalue weighted by Gasteiger charge is 2.37.